The summed E-state index contributed by atoms with van der Waals surface area (Å²) in [6.45, 7) is 2.34. The Morgan fingerprint density at radius 2 is 1.79 bits per heavy atom. The van der Waals surface area contributed by atoms with E-state index in [2.05, 4.69) is 10.3 Å². The van der Waals surface area contributed by atoms with Crippen LogP contribution in [-0.2, 0) is 11.2 Å². The molecule has 0 aliphatic carbocycles. The predicted molar refractivity (Wildman–Crippen MR) is 111 cm³/mol. The summed E-state index contributed by atoms with van der Waals surface area (Å²) in [5, 5.41) is 3.75. The van der Waals surface area contributed by atoms with Crippen LogP contribution in [0.25, 0.3) is 10.9 Å². The second-order valence-corrected chi connectivity index (χ2v) is 7.10. The van der Waals surface area contributed by atoms with Crippen molar-refractivity contribution in [2.45, 2.75) is 32.6 Å². The molecule has 1 heterocycles. The van der Waals surface area contributed by atoms with E-state index < -0.39 is 0 Å². The summed E-state index contributed by atoms with van der Waals surface area (Å²) < 4.78 is 12.9. The third-order valence-electron chi connectivity index (χ3n) is 4.77. The number of fused-ring (bicyclic) bond motifs is 1. The van der Waals surface area contributed by atoms with Crippen LogP contribution in [0.1, 0.15) is 40.7 Å². The maximum Gasteiger partial charge on any atom is 0.251 e. The lowest BCUT2D eigenvalue weighted by Crippen LogP contribution is -2.27. The summed E-state index contributed by atoms with van der Waals surface area (Å²) in [5.41, 5.74) is 2.81. The third-order valence-corrected chi connectivity index (χ3v) is 4.77. The fourth-order valence-corrected chi connectivity index (χ4v) is 3.17. The molecule has 2 aromatic carbocycles. The van der Waals surface area contributed by atoms with Crippen molar-refractivity contribution in [1.29, 1.82) is 0 Å². The first-order valence-corrected chi connectivity index (χ1v) is 9.60. The number of hydrogen-bond acceptors (Lipinski definition) is 3. The molecule has 0 fully saturated rings. The van der Waals surface area contributed by atoms with Crippen molar-refractivity contribution in [3.05, 3.63) is 81.4 Å². The first kappa shape index (κ1) is 20.5. The molecule has 29 heavy (non-hydrogen) atoms. The Morgan fingerprint density at radius 1 is 1.03 bits per heavy atom. The fraction of sp³-hybridized carbons (Fsp3) is 0.261. The smallest absolute Gasteiger partial charge is 0.251 e. The van der Waals surface area contributed by atoms with E-state index in [0.29, 0.717) is 30.5 Å². The van der Waals surface area contributed by atoms with Crippen LogP contribution in [0.2, 0.25) is 0 Å². The Morgan fingerprint density at radius 3 is 2.55 bits per heavy atom. The second-order valence-electron chi connectivity index (χ2n) is 7.10. The quantitative estimate of drug-likeness (QED) is 0.572. The molecule has 3 aromatic rings. The molecule has 3 rings (SSSR count). The average molecular weight is 394 g/mol. The van der Waals surface area contributed by atoms with E-state index in [0.717, 1.165) is 16.5 Å². The standard InChI is InChI=1S/C23H23FN2O3/c1-15-5-10-20-18(13-15)14-17(23(29)26-20)11-12-25-22(28)4-2-3-21(27)16-6-8-19(24)9-7-16/h5-10,13-14H,2-4,11-12H2,1H3,(H,25,28)(H,26,29). The molecule has 0 saturated carbocycles. The molecular weight excluding hydrogens is 371 g/mol. The van der Waals surface area contributed by atoms with E-state index in [-0.39, 0.29) is 35.9 Å². The fourth-order valence-electron chi connectivity index (χ4n) is 3.17. The zero-order valence-electron chi connectivity index (χ0n) is 16.3. The number of H-pyrrole nitrogens is 1. The van der Waals surface area contributed by atoms with Crippen molar-refractivity contribution in [3.8, 4) is 0 Å². The van der Waals surface area contributed by atoms with E-state index >= 15 is 0 Å². The van der Waals surface area contributed by atoms with E-state index in [9.17, 15) is 18.8 Å². The maximum absolute atomic E-state index is 12.9. The Bertz CT molecular complexity index is 1090. The number of halogens is 1. The van der Waals surface area contributed by atoms with Crippen molar-refractivity contribution in [2.75, 3.05) is 6.54 Å². The van der Waals surface area contributed by atoms with Gasteiger partial charge in [0.1, 0.15) is 5.82 Å². The van der Waals surface area contributed by atoms with Gasteiger partial charge in [-0.2, -0.15) is 0 Å². The number of ketones is 1. The Hall–Kier alpha value is -3.28. The molecule has 0 unspecified atom stereocenters. The number of aromatic nitrogens is 1. The highest BCUT2D eigenvalue weighted by atomic mass is 19.1. The van der Waals surface area contributed by atoms with Crippen molar-refractivity contribution in [1.82, 2.24) is 10.3 Å². The van der Waals surface area contributed by atoms with Crippen LogP contribution in [-0.4, -0.2) is 23.2 Å². The number of aryl methyl sites for hydroxylation is 1. The van der Waals surface area contributed by atoms with Gasteiger partial charge in [-0.15, -0.1) is 0 Å². The van der Waals surface area contributed by atoms with Crippen LogP contribution in [0, 0.1) is 12.7 Å². The lowest BCUT2D eigenvalue weighted by atomic mass is 10.1. The number of carbonyl (C=O) groups excluding carboxylic acids is 2. The normalized spacial score (nSPS) is 10.8. The highest BCUT2D eigenvalue weighted by Crippen LogP contribution is 2.13. The number of Topliss-reactive ketones (excluding diaryl/α,β-unsaturated/α-hetero) is 1. The zero-order valence-corrected chi connectivity index (χ0v) is 16.3. The van der Waals surface area contributed by atoms with Gasteiger partial charge in [-0.25, -0.2) is 4.39 Å². The Labute approximate surface area is 168 Å². The number of amides is 1. The van der Waals surface area contributed by atoms with Gasteiger partial charge in [0, 0.05) is 36.0 Å². The van der Waals surface area contributed by atoms with Gasteiger partial charge in [0.2, 0.25) is 5.91 Å². The molecule has 2 N–H and O–H groups in total. The van der Waals surface area contributed by atoms with Gasteiger partial charge in [-0.3, -0.25) is 14.4 Å². The summed E-state index contributed by atoms with van der Waals surface area (Å²) in [6.07, 6.45) is 1.29. The third kappa shape index (κ3) is 5.60. The number of nitrogens with one attached hydrogen (secondary N) is 2. The van der Waals surface area contributed by atoms with Gasteiger partial charge in [0.15, 0.2) is 5.78 Å². The molecule has 0 spiro atoms. The largest absolute Gasteiger partial charge is 0.356 e. The highest BCUT2D eigenvalue weighted by molar-refractivity contribution is 5.96. The van der Waals surface area contributed by atoms with E-state index in [4.69, 9.17) is 0 Å². The maximum atomic E-state index is 12.9. The average Bonchev–Trinajstić information content (AvgIpc) is 2.69. The number of aromatic amines is 1. The summed E-state index contributed by atoms with van der Waals surface area (Å²) >= 11 is 0. The van der Waals surface area contributed by atoms with Gasteiger partial charge in [0.25, 0.3) is 5.56 Å². The van der Waals surface area contributed by atoms with Gasteiger partial charge >= 0.3 is 0 Å². The molecule has 0 aliphatic heterocycles. The van der Waals surface area contributed by atoms with Crippen molar-refractivity contribution in [3.63, 3.8) is 0 Å². The summed E-state index contributed by atoms with van der Waals surface area (Å²) in [6, 6.07) is 13.1. The first-order chi connectivity index (χ1) is 13.9. The minimum absolute atomic E-state index is 0.115. The van der Waals surface area contributed by atoms with Gasteiger partial charge < -0.3 is 10.3 Å². The first-order valence-electron chi connectivity index (χ1n) is 9.60. The molecule has 0 atom stereocenters. The molecule has 1 aromatic heterocycles. The highest BCUT2D eigenvalue weighted by Gasteiger charge is 2.09. The van der Waals surface area contributed by atoms with Crippen LogP contribution in [0.5, 0.6) is 0 Å². The van der Waals surface area contributed by atoms with Gasteiger partial charge in [0.05, 0.1) is 0 Å². The lowest BCUT2D eigenvalue weighted by Gasteiger charge is -2.07. The summed E-state index contributed by atoms with van der Waals surface area (Å²) in [7, 11) is 0. The summed E-state index contributed by atoms with van der Waals surface area (Å²) in [5.74, 6) is -0.665. The molecule has 1 amide bonds. The van der Waals surface area contributed by atoms with Crippen molar-refractivity contribution < 1.29 is 14.0 Å². The molecule has 0 saturated heterocycles. The minimum atomic E-state index is -0.388. The Kier molecular flexibility index (Phi) is 6.54. The number of benzene rings is 2. The minimum Gasteiger partial charge on any atom is -0.356 e. The summed E-state index contributed by atoms with van der Waals surface area (Å²) in [4.78, 5) is 39.0. The number of pyridine rings is 1. The van der Waals surface area contributed by atoms with E-state index in [1.165, 1.54) is 24.3 Å². The predicted octanol–water partition coefficient (Wildman–Crippen LogP) is 3.69. The number of carbonyl (C=O) groups is 2. The monoisotopic (exact) mass is 394 g/mol. The van der Waals surface area contributed by atoms with Gasteiger partial charge in [-0.1, -0.05) is 11.6 Å². The number of hydrogen-bond donors (Lipinski definition) is 2. The topological polar surface area (TPSA) is 79.0 Å². The Balaban J connectivity index is 1.44. The van der Waals surface area contributed by atoms with Crippen molar-refractivity contribution in [2.24, 2.45) is 0 Å². The van der Waals surface area contributed by atoms with Crippen molar-refractivity contribution >= 4 is 22.6 Å². The molecule has 0 bridgehead atoms. The molecule has 5 nitrogen and oxygen atoms in total. The molecule has 0 radical (unpaired) electrons. The molecular formula is C23H23FN2O3. The van der Waals surface area contributed by atoms with Crippen LogP contribution >= 0.6 is 0 Å². The van der Waals surface area contributed by atoms with Crippen LogP contribution in [0.3, 0.4) is 0 Å². The van der Waals surface area contributed by atoms with Crippen LogP contribution in [0.4, 0.5) is 4.39 Å². The van der Waals surface area contributed by atoms with Crippen LogP contribution < -0.4 is 10.9 Å². The van der Waals surface area contributed by atoms with E-state index in [1.54, 1.807) is 0 Å². The molecule has 6 heteroatoms. The number of rotatable bonds is 8. The zero-order chi connectivity index (χ0) is 20.8. The lowest BCUT2D eigenvalue weighted by molar-refractivity contribution is -0.121. The molecule has 150 valence electrons. The van der Waals surface area contributed by atoms with Gasteiger partial charge in [-0.05, 0) is 67.6 Å². The molecule has 0 aliphatic rings. The van der Waals surface area contributed by atoms with Crippen LogP contribution in [0.15, 0.2) is 53.3 Å². The SMILES string of the molecule is Cc1ccc2[nH]c(=O)c(CCNC(=O)CCCC(=O)c3ccc(F)cc3)cc2c1. The van der Waals surface area contributed by atoms with E-state index in [1.807, 2.05) is 31.2 Å². The second kappa shape index (κ2) is 9.28.